The number of nitrogens with zero attached hydrogens (tertiary/aromatic N) is 1. The van der Waals surface area contributed by atoms with Crippen LogP contribution in [-0.4, -0.2) is 57.6 Å². The highest BCUT2D eigenvalue weighted by atomic mass is 16.7. The maximum Gasteiger partial charge on any atom is 0.169 e. The van der Waals surface area contributed by atoms with Gasteiger partial charge < -0.3 is 14.8 Å². The van der Waals surface area contributed by atoms with E-state index in [2.05, 4.69) is 17.1 Å². The summed E-state index contributed by atoms with van der Waals surface area (Å²) in [7, 11) is 3.38. The molecule has 84 valence electrons. The van der Waals surface area contributed by atoms with Crippen LogP contribution in [-0.2, 0) is 9.47 Å². The fourth-order valence-corrected chi connectivity index (χ4v) is 1.92. The van der Waals surface area contributed by atoms with E-state index in [-0.39, 0.29) is 6.29 Å². The van der Waals surface area contributed by atoms with Gasteiger partial charge in [-0.2, -0.15) is 0 Å². The number of rotatable bonds is 6. The number of ether oxygens (including phenoxy) is 2. The van der Waals surface area contributed by atoms with Gasteiger partial charge in [-0.3, -0.25) is 4.90 Å². The molecular weight excluding hydrogens is 180 g/mol. The van der Waals surface area contributed by atoms with Gasteiger partial charge in [-0.25, -0.2) is 0 Å². The lowest BCUT2D eigenvalue weighted by Crippen LogP contribution is -2.42. The molecule has 1 atom stereocenters. The van der Waals surface area contributed by atoms with Crippen LogP contribution in [0.5, 0.6) is 0 Å². The van der Waals surface area contributed by atoms with Crippen LogP contribution in [0.2, 0.25) is 0 Å². The fourth-order valence-electron chi connectivity index (χ4n) is 1.92. The van der Waals surface area contributed by atoms with Crippen LogP contribution in [0.1, 0.15) is 13.3 Å². The van der Waals surface area contributed by atoms with Crippen molar-refractivity contribution in [1.29, 1.82) is 0 Å². The molecular formula is C10H22N2O2. The third-order valence-corrected chi connectivity index (χ3v) is 2.87. The zero-order valence-electron chi connectivity index (χ0n) is 9.45. The summed E-state index contributed by atoms with van der Waals surface area (Å²) in [5.74, 6) is 0. The van der Waals surface area contributed by atoms with Crippen molar-refractivity contribution < 1.29 is 9.47 Å². The van der Waals surface area contributed by atoms with Gasteiger partial charge in [0.25, 0.3) is 0 Å². The van der Waals surface area contributed by atoms with Crippen LogP contribution in [0.4, 0.5) is 0 Å². The first-order valence-electron chi connectivity index (χ1n) is 5.32. The lowest BCUT2D eigenvalue weighted by molar-refractivity contribution is -0.119. The number of nitrogens with one attached hydrogen (secondary N) is 1. The zero-order chi connectivity index (χ0) is 10.4. The van der Waals surface area contributed by atoms with E-state index in [1.165, 1.54) is 6.42 Å². The highest BCUT2D eigenvalue weighted by molar-refractivity contribution is 4.80. The van der Waals surface area contributed by atoms with Crippen molar-refractivity contribution in [2.75, 3.05) is 40.4 Å². The molecule has 0 aromatic rings. The predicted octanol–water partition coefficient (Wildman–Crippen LogP) is 0.289. The summed E-state index contributed by atoms with van der Waals surface area (Å²) in [6.07, 6.45) is 1.13. The predicted molar refractivity (Wildman–Crippen MR) is 56.3 cm³/mol. The molecule has 1 heterocycles. The lowest BCUT2D eigenvalue weighted by atomic mass is 10.2. The average molecular weight is 202 g/mol. The highest BCUT2D eigenvalue weighted by Crippen LogP contribution is 2.09. The van der Waals surface area contributed by atoms with Gasteiger partial charge in [-0.1, -0.05) is 6.92 Å². The summed E-state index contributed by atoms with van der Waals surface area (Å²) in [5, 5.41) is 3.37. The molecule has 1 aliphatic rings. The van der Waals surface area contributed by atoms with E-state index in [0.29, 0.717) is 6.04 Å². The molecule has 0 saturated carbocycles. The van der Waals surface area contributed by atoms with E-state index in [1.807, 2.05) is 0 Å². The van der Waals surface area contributed by atoms with Crippen molar-refractivity contribution in [3.63, 3.8) is 0 Å². The largest absolute Gasteiger partial charge is 0.355 e. The van der Waals surface area contributed by atoms with Crippen LogP contribution in [0.3, 0.4) is 0 Å². The summed E-state index contributed by atoms with van der Waals surface area (Å²) in [4.78, 5) is 2.41. The molecule has 1 N–H and O–H groups in total. The maximum absolute atomic E-state index is 5.21. The van der Waals surface area contributed by atoms with Crippen molar-refractivity contribution in [2.24, 2.45) is 0 Å². The Morgan fingerprint density at radius 1 is 1.43 bits per heavy atom. The second kappa shape index (κ2) is 6.35. The first-order valence-corrected chi connectivity index (χ1v) is 5.32. The second-order valence-corrected chi connectivity index (χ2v) is 3.64. The summed E-state index contributed by atoms with van der Waals surface area (Å²) >= 11 is 0. The minimum absolute atomic E-state index is 0.101. The van der Waals surface area contributed by atoms with E-state index >= 15 is 0 Å². The highest BCUT2D eigenvalue weighted by Gasteiger charge is 2.23. The van der Waals surface area contributed by atoms with Gasteiger partial charge in [0.2, 0.25) is 0 Å². The van der Waals surface area contributed by atoms with E-state index in [4.69, 9.17) is 9.47 Å². The molecule has 0 aromatic carbocycles. The SMILES string of the molecule is CCN(CC(OC)OC)C1CCNC1. The molecule has 4 heteroatoms. The van der Waals surface area contributed by atoms with E-state index < -0.39 is 0 Å². The molecule has 0 amide bonds. The molecule has 0 aliphatic carbocycles. The summed E-state index contributed by atoms with van der Waals surface area (Å²) in [6, 6.07) is 0.646. The van der Waals surface area contributed by atoms with E-state index in [0.717, 1.165) is 26.2 Å². The minimum atomic E-state index is -0.101. The van der Waals surface area contributed by atoms with Gasteiger partial charge >= 0.3 is 0 Å². The fraction of sp³-hybridized carbons (Fsp3) is 1.00. The molecule has 1 aliphatic heterocycles. The van der Waals surface area contributed by atoms with Crippen molar-refractivity contribution in [1.82, 2.24) is 10.2 Å². The molecule has 0 aromatic heterocycles. The molecule has 0 spiro atoms. The number of likely N-dealkylation sites (N-methyl/N-ethyl adjacent to an activating group) is 1. The van der Waals surface area contributed by atoms with Crippen LogP contribution >= 0.6 is 0 Å². The average Bonchev–Trinajstić information content (AvgIpc) is 2.73. The quantitative estimate of drug-likeness (QED) is 0.628. The monoisotopic (exact) mass is 202 g/mol. The van der Waals surface area contributed by atoms with Crippen molar-refractivity contribution >= 4 is 0 Å². The minimum Gasteiger partial charge on any atom is -0.355 e. The molecule has 4 nitrogen and oxygen atoms in total. The van der Waals surface area contributed by atoms with Gasteiger partial charge in [0.15, 0.2) is 6.29 Å². The zero-order valence-corrected chi connectivity index (χ0v) is 9.45. The Hall–Kier alpha value is -0.160. The van der Waals surface area contributed by atoms with Crippen molar-refractivity contribution in [2.45, 2.75) is 25.7 Å². The standard InChI is InChI=1S/C10H22N2O2/c1-4-12(8-10(13-2)14-3)9-5-6-11-7-9/h9-11H,4-8H2,1-3H3. The number of hydrogen-bond donors (Lipinski definition) is 1. The lowest BCUT2D eigenvalue weighted by Gasteiger charge is -2.29. The molecule has 0 bridgehead atoms. The molecule has 0 radical (unpaired) electrons. The Morgan fingerprint density at radius 3 is 2.57 bits per heavy atom. The van der Waals surface area contributed by atoms with Crippen LogP contribution in [0.25, 0.3) is 0 Å². The summed E-state index contributed by atoms with van der Waals surface area (Å²) in [5.41, 5.74) is 0. The van der Waals surface area contributed by atoms with Crippen LogP contribution in [0, 0.1) is 0 Å². The first kappa shape index (κ1) is 11.9. The van der Waals surface area contributed by atoms with Gasteiger partial charge in [0.05, 0.1) is 0 Å². The first-order chi connectivity index (χ1) is 6.81. The van der Waals surface area contributed by atoms with Crippen LogP contribution < -0.4 is 5.32 Å². The smallest absolute Gasteiger partial charge is 0.169 e. The Bertz CT molecular complexity index is 145. The topological polar surface area (TPSA) is 33.7 Å². The number of methoxy groups -OCH3 is 2. The third-order valence-electron chi connectivity index (χ3n) is 2.87. The van der Waals surface area contributed by atoms with Crippen molar-refractivity contribution in [3.8, 4) is 0 Å². The maximum atomic E-state index is 5.21. The van der Waals surface area contributed by atoms with Gasteiger partial charge in [-0.15, -0.1) is 0 Å². The van der Waals surface area contributed by atoms with Gasteiger partial charge in [-0.05, 0) is 19.5 Å². The van der Waals surface area contributed by atoms with Gasteiger partial charge in [0, 0.05) is 33.4 Å². The second-order valence-electron chi connectivity index (χ2n) is 3.64. The molecule has 1 unspecified atom stereocenters. The van der Waals surface area contributed by atoms with E-state index in [1.54, 1.807) is 14.2 Å². The Balaban J connectivity index is 2.36. The molecule has 1 fully saturated rings. The van der Waals surface area contributed by atoms with Crippen LogP contribution in [0.15, 0.2) is 0 Å². The Labute approximate surface area is 86.6 Å². The Kier molecular flexibility index (Phi) is 5.40. The Morgan fingerprint density at radius 2 is 2.14 bits per heavy atom. The molecule has 1 rings (SSSR count). The van der Waals surface area contributed by atoms with Gasteiger partial charge in [0.1, 0.15) is 0 Å². The van der Waals surface area contributed by atoms with Crippen molar-refractivity contribution in [3.05, 3.63) is 0 Å². The summed E-state index contributed by atoms with van der Waals surface area (Å²) < 4.78 is 10.4. The molecule has 14 heavy (non-hydrogen) atoms. The molecule has 1 saturated heterocycles. The van der Waals surface area contributed by atoms with E-state index in [9.17, 15) is 0 Å². The number of hydrogen-bond acceptors (Lipinski definition) is 4. The summed E-state index contributed by atoms with van der Waals surface area (Å²) in [6.45, 7) is 6.31. The normalized spacial score (nSPS) is 22.5. The third kappa shape index (κ3) is 3.20.